The van der Waals surface area contributed by atoms with Crippen molar-refractivity contribution in [2.45, 2.75) is 27.2 Å². The molecule has 17 heavy (non-hydrogen) atoms. The highest BCUT2D eigenvalue weighted by molar-refractivity contribution is 5.49. The van der Waals surface area contributed by atoms with Crippen LogP contribution in [0, 0.1) is 20.8 Å². The fourth-order valence-corrected chi connectivity index (χ4v) is 2.08. The average molecular weight is 237 g/mol. The Balaban J connectivity index is 2.80. The van der Waals surface area contributed by atoms with Crippen molar-refractivity contribution < 1.29 is 9.47 Å². The molecular formula is C14H23NO2. The van der Waals surface area contributed by atoms with Gasteiger partial charge in [0.25, 0.3) is 0 Å². The van der Waals surface area contributed by atoms with Crippen LogP contribution in [0.5, 0.6) is 5.75 Å². The van der Waals surface area contributed by atoms with E-state index in [-0.39, 0.29) is 0 Å². The maximum absolute atomic E-state index is 5.42. The van der Waals surface area contributed by atoms with Crippen LogP contribution in [0.1, 0.15) is 22.3 Å². The Morgan fingerprint density at radius 2 is 1.82 bits per heavy atom. The van der Waals surface area contributed by atoms with Gasteiger partial charge in [0.1, 0.15) is 5.75 Å². The molecule has 0 amide bonds. The van der Waals surface area contributed by atoms with Gasteiger partial charge in [-0.1, -0.05) is 6.07 Å². The maximum atomic E-state index is 5.42. The summed E-state index contributed by atoms with van der Waals surface area (Å²) in [5.74, 6) is 0.995. The van der Waals surface area contributed by atoms with Crippen molar-refractivity contribution >= 4 is 0 Å². The standard InChI is InChI=1S/C14H23NO2/c1-10-9-13(5-7-17-8-6-15)11(2)12(3)14(10)16-4/h9H,5-8,15H2,1-4H3. The zero-order valence-electron chi connectivity index (χ0n) is 11.3. The second-order valence-corrected chi connectivity index (χ2v) is 4.29. The Bertz CT molecular complexity index is 375. The lowest BCUT2D eigenvalue weighted by atomic mass is 9.97. The van der Waals surface area contributed by atoms with Gasteiger partial charge in [-0.05, 0) is 49.4 Å². The topological polar surface area (TPSA) is 44.5 Å². The molecule has 1 aromatic rings. The zero-order valence-corrected chi connectivity index (χ0v) is 11.3. The molecular weight excluding hydrogens is 214 g/mol. The molecule has 0 aliphatic rings. The first-order valence-electron chi connectivity index (χ1n) is 6.03. The molecule has 3 nitrogen and oxygen atoms in total. The summed E-state index contributed by atoms with van der Waals surface area (Å²) in [4.78, 5) is 0. The number of benzene rings is 1. The minimum atomic E-state index is 0.583. The van der Waals surface area contributed by atoms with E-state index in [1.807, 2.05) is 0 Å². The summed E-state index contributed by atoms with van der Waals surface area (Å²) in [5.41, 5.74) is 10.4. The average Bonchev–Trinajstić information content (AvgIpc) is 2.31. The van der Waals surface area contributed by atoms with Gasteiger partial charge in [0.05, 0.1) is 20.3 Å². The van der Waals surface area contributed by atoms with E-state index in [1.165, 1.54) is 22.3 Å². The highest BCUT2D eigenvalue weighted by Crippen LogP contribution is 2.28. The Kier molecular flexibility index (Phi) is 5.45. The number of ether oxygens (including phenoxy) is 2. The Hall–Kier alpha value is -1.06. The second kappa shape index (κ2) is 6.62. The molecule has 0 saturated heterocycles. The lowest BCUT2D eigenvalue weighted by Crippen LogP contribution is -2.10. The molecule has 0 aliphatic carbocycles. The molecule has 1 aromatic carbocycles. The number of hydrogen-bond donors (Lipinski definition) is 1. The van der Waals surface area contributed by atoms with Gasteiger partial charge in [0.2, 0.25) is 0 Å². The van der Waals surface area contributed by atoms with Crippen LogP contribution < -0.4 is 10.5 Å². The Morgan fingerprint density at radius 1 is 1.12 bits per heavy atom. The van der Waals surface area contributed by atoms with Crippen molar-refractivity contribution in [2.75, 3.05) is 26.9 Å². The number of hydrogen-bond acceptors (Lipinski definition) is 3. The van der Waals surface area contributed by atoms with Crippen LogP contribution in [0.25, 0.3) is 0 Å². The predicted octanol–water partition coefficient (Wildman–Crippen LogP) is 2.14. The van der Waals surface area contributed by atoms with Crippen molar-refractivity contribution in [3.8, 4) is 5.75 Å². The summed E-state index contributed by atoms with van der Waals surface area (Å²) in [6, 6.07) is 2.19. The van der Waals surface area contributed by atoms with Gasteiger partial charge in [0, 0.05) is 6.54 Å². The van der Waals surface area contributed by atoms with Crippen molar-refractivity contribution in [2.24, 2.45) is 5.73 Å². The molecule has 0 atom stereocenters. The molecule has 3 heteroatoms. The summed E-state index contributed by atoms with van der Waals surface area (Å²) in [6.07, 6.45) is 0.928. The summed E-state index contributed by atoms with van der Waals surface area (Å²) in [7, 11) is 1.72. The lowest BCUT2D eigenvalue weighted by molar-refractivity contribution is 0.144. The van der Waals surface area contributed by atoms with Crippen LogP contribution in [0.15, 0.2) is 6.07 Å². The van der Waals surface area contributed by atoms with E-state index >= 15 is 0 Å². The molecule has 0 radical (unpaired) electrons. The van der Waals surface area contributed by atoms with E-state index in [1.54, 1.807) is 7.11 Å². The van der Waals surface area contributed by atoms with E-state index in [4.69, 9.17) is 15.2 Å². The molecule has 0 unspecified atom stereocenters. The fourth-order valence-electron chi connectivity index (χ4n) is 2.08. The molecule has 1 rings (SSSR count). The molecule has 2 N–H and O–H groups in total. The van der Waals surface area contributed by atoms with Gasteiger partial charge in [-0.2, -0.15) is 0 Å². The quantitative estimate of drug-likeness (QED) is 0.771. The number of aryl methyl sites for hydroxylation is 1. The molecule has 0 saturated carbocycles. The molecule has 96 valence electrons. The molecule has 0 heterocycles. The first kappa shape index (κ1) is 14.0. The van der Waals surface area contributed by atoms with E-state index < -0.39 is 0 Å². The van der Waals surface area contributed by atoms with E-state index in [2.05, 4.69) is 26.8 Å². The van der Waals surface area contributed by atoms with Crippen LogP contribution >= 0.6 is 0 Å². The minimum Gasteiger partial charge on any atom is -0.496 e. The Labute approximate surface area is 104 Å². The summed E-state index contributed by atoms with van der Waals surface area (Å²) in [6.45, 7) is 8.26. The monoisotopic (exact) mass is 237 g/mol. The van der Waals surface area contributed by atoms with Gasteiger partial charge in [-0.25, -0.2) is 0 Å². The zero-order chi connectivity index (χ0) is 12.8. The van der Waals surface area contributed by atoms with E-state index in [9.17, 15) is 0 Å². The van der Waals surface area contributed by atoms with Crippen molar-refractivity contribution in [1.29, 1.82) is 0 Å². The van der Waals surface area contributed by atoms with Crippen LogP contribution in [-0.2, 0) is 11.2 Å². The molecule has 0 bridgehead atoms. The normalized spacial score (nSPS) is 10.6. The van der Waals surface area contributed by atoms with Gasteiger partial charge in [-0.3, -0.25) is 0 Å². The molecule has 0 aliphatic heterocycles. The summed E-state index contributed by atoms with van der Waals surface area (Å²) >= 11 is 0. The number of rotatable bonds is 6. The molecule has 0 spiro atoms. The minimum absolute atomic E-state index is 0.583. The largest absolute Gasteiger partial charge is 0.496 e. The third-order valence-corrected chi connectivity index (χ3v) is 3.12. The third kappa shape index (κ3) is 3.45. The lowest BCUT2D eigenvalue weighted by Gasteiger charge is -2.15. The van der Waals surface area contributed by atoms with Crippen LogP contribution in [0.3, 0.4) is 0 Å². The van der Waals surface area contributed by atoms with Crippen LogP contribution in [0.4, 0.5) is 0 Å². The SMILES string of the molecule is COc1c(C)cc(CCOCCN)c(C)c1C. The van der Waals surface area contributed by atoms with Crippen molar-refractivity contribution in [3.63, 3.8) is 0 Å². The third-order valence-electron chi connectivity index (χ3n) is 3.12. The molecule has 0 aromatic heterocycles. The number of methoxy groups -OCH3 is 1. The first-order valence-corrected chi connectivity index (χ1v) is 6.03. The van der Waals surface area contributed by atoms with Gasteiger partial charge in [0.15, 0.2) is 0 Å². The van der Waals surface area contributed by atoms with Gasteiger partial charge < -0.3 is 15.2 Å². The fraction of sp³-hybridized carbons (Fsp3) is 0.571. The van der Waals surface area contributed by atoms with E-state index in [0.717, 1.165) is 18.8 Å². The number of nitrogens with two attached hydrogens (primary N) is 1. The van der Waals surface area contributed by atoms with Crippen molar-refractivity contribution in [1.82, 2.24) is 0 Å². The Morgan fingerprint density at radius 3 is 2.41 bits per heavy atom. The van der Waals surface area contributed by atoms with Crippen molar-refractivity contribution in [3.05, 3.63) is 28.3 Å². The summed E-state index contributed by atoms with van der Waals surface area (Å²) in [5, 5.41) is 0. The highest BCUT2D eigenvalue weighted by Gasteiger charge is 2.10. The predicted molar refractivity (Wildman–Crippen MR) is 70.8 cm³/mol. The van der Waals surface area contributed by atoms with Gasteiger partial charge in [-0.15, -0.1) is 0 Å². The maximum Gasteiger partial charge on any atom is 0.124 e. The van der Waals surface area contributed by atoms with Gasteiger partial charge >= 0.3 is 0 Å². The summed E-state index contributed by atoms with van der Waals surface area (Å²) < 4.78 is 10.8. The van der Waals surface area contributed by atoms with Crippen LogP contribution in [-0.4, -0.2) is 26.9 Å². The van der Waals surface area contributed by atoms with Crippen LogP contribution in [0.2, 0.25) is 0 Å². The molecule has 0 fully saturated rings. The van der Waals surface area contributed by atoms with E-state index in [0.29, 0.717) is 13.2 Å². The highest BCUT2D eigenvalue weighted by atomic mass is 16.5. The second-order valence-electron chi connectivity index (χ2n) is 4.29. The first-order chi connectivity index (χ1) is 8.11. The smallest absolute Gasteiger partial charge is 0.124 e.